The van der Waals surface area contributed by atoms with E-state index in [1.54, 1.807) is 24.4 Å². The Morgan fingerprint density at radius 3 is 2.89 bits per heavy atom. The molecule has 0 unspecified atom stereocenters. The van der Waals surface area contributed by atoms with E-state index in [2.05, 4.69) is 5.10 Å². The van der Waals surface area contributed by atoms with Crippen molar-refractivity contribution in [1.29, 1.82) is 5.41 Å². The van der Waals surface area contributed by atoms with Gasteiger partial charge in [-0.25, -0.2) is 0 Å². The first kappa shape index (κ1) is 13.4. The Kier molecular flexibility index (Phi) is 4.06. The Bertz CT molecular complexity index is 594. The van der Waals surface area contributed by atoms with Crippen molar-refractivity contribution >= 4 is 17.4 Å². The van der Waals surface area contributed by atoms with Crippen LogP contribution in [0.5, 0.6) is 5.75 Å². The van der Waals surface area contributed by atoms with Gasteiger partial charge in [-0.05, 0) is 25.1 Å². The van der Waals surface area contributed by atoms with Gasteiger partial charge in [0.25, 0.3) is 0 Å². The summed E-state index contributed by atoms with van der Waals surface area (Å²) >= 11 is 6.07. The number of aromatic nitrogens is 2. The number of hydrogen-bond acceptors (Lipinski definition) is 3. The fraction of sp³-hybridized carbons (Fsp3) is 0.231. The highest BCUT2D eigenvalue weighted by atomic mass is 35.5. The second-order valence-corrected chi connectivity index (χ2v) is 4.46. The van der Waals surface area contributed by atoms with Crippen molar-refractivity contribution in [2.45, 2.75) is 20.1 Å². The van der Waals surface area contributed by atoms with Crippen LogP contribution in [0.15, 0.2) is 30.6 Å². The fourth-order valence-electron chi connectivity index (χ4n) is 1.60. The number of nitrogens with two attached hydrogens (primary N) is 1. The fourth-order valence-corrected chi connectivity index (χ4v) is 1.84. The second-order valence-electron chi connectivity index (χ2n) is 4.05. The number of benzene rings is 1. The zero-order chi connectivity index (χ0) is 13.8. The van der Waals surface area contributed by atoms with Gasteiger partial charge in [-0.15, -0.1) is 0 Å². The van der Waals surface area contributed by atoms with Gasteiger partial charge >= 0.3 is 0 Å². The summed E-state index contributed by atoms with van der Waals surface area (Å²) in [5.74, 6) is 0.550. The highest BCUT2D eigenvalue weighted by Gasteiger charge is 2.06. The summed E-state index contributed by atoms with van der Waals surface area (Å²) in [6.45, 7) is 3.25. The van der Waals surface area contributed by atoms with E-state index in [1.165, 1.54) is 0 Å². The predicted octanol–water partition coefficient (Wildman–Crippen LogP) is 2.42. The number of aryl methyl sites for hydroxylation is 1. The van der Waals surface area contributed by atoms with Crippen LogP contribution in [-0.4, -0.2) is 15.6 Å². The van der Waals surface area contributed by atoms with E-state index in [9.17, 15) is 0 Å². The van der Waals surface area contributed by atoms with Crippen LogP contribution in [0.3, 0.4) is 0 Å². The molecular formula is C13H15ClN4O. The van der Waals surface area contributed by atoms with E-state index in [0.29, 0.717) is 22.9 Å². The minimum Gasteiger partial charge on any atom is -0.487 e. The summed E-state index contributed by atoms with van der Waals surface area (Å²) in [4.78, 5) is 0. The molecule has 0 aliphatic carbocycles. The summed E-state index contributed by atoms with van der Waals surface area (Å²) in [5, 5.41) is 11.9. The topological polar surface area (TPSA) is 76.9 Å². The SMILES string of the molecule is CCn1cc(COc2ccc(C(=N)N)cc2Cl)cn1. The molecule has 6 heteroatoms. The molecule has 0 saturated heterocycles. The van der Waals surface area contributed by atoms with Gasteiger partial charge in [0.15, 0.2) is 0 Å². The molecule has 5 nitrogen and oxygen atoms in total. The average Bonchev–Trinajstić information content (AvgIpc) is 2.85. The normalized spacial score (nSPS) is 10.4. The number of nitrogens with one attached hydrogen (secondary N) is 1. The molecule has 0 atom stereocenters. The maximum Gasteiger partial charge on any atom is 0.138 e. The molecule has 3 N–H and O–H groups in total. The summed E-state index contributed by atoms with van der Waals surface area (Å²) in [7, 11) is 0. The Hall–Kier alpha value is -2.01. The van der Waals surface area contributed by atoms with Crippen molar-refractivity contribution in [3.63, 3.8) is 0 Å². The van der Waals surface area contributed by atoms with Crippen molar-refractivity contribution in [1.82, 2.24) is 9.78 Å². The van der Waals surface area contributed by atoms with Crippen LogP contribution in [-0.2, 0) is 13.2 Å². The minimum atomic E-state index is -0.0160. The molecular weight excluding hydrogens is 264 g/mol. The van der Waals surface area contributed by atoms with Gasteiger partial charge in [0.2, 0.25) is 0 Å². The number of rotatable bonds is 5. The molecule has 0 fully saturated rings. The maximum absolute atomic E-state index is 7.33. The van der Waals surface area contributed by atoms with Crippen LogP contribution in [0.2, 0.25) is 5.02 Å². The largest absolute Gasteiger partial charge is 0.487 e. The summed E-state index contributed by atoms with van der Waals surface area (Å²) in [6, 6.07) is 5.04. The number of nitrogen functional groups attached to an aromatic ring is 1. The van der Waals surface area contributed by atoms with Gasteiger partial charge in [-0.2, -0.15) is 5.10 Å². The van der Waals surface area contributed by atoms with Crippen LogP contribution < -0.4 is 10.5 Å². The van der Waals surface area contributed by atoms with Gasteiger partial charge in [0.1, 0.15) is 18.2 Å². The van der Waals surface area contributed by atoms with Crippen LogP contribution in [0.1, 0.15) is 18.1 Å². The number of ether oxygens (including phenoxy) is 1. The molecule has 19 heavy (non-hydrogen) atoms. The molecule has 0 saturated carbocycles. The third-order valence-corrected chi connectivity index (χ3v) is 2.94. The van der Waals surface area contributed by atoms with Crippen molar-refractivity contribution < 1.29 is 4.74 Å². The third kappa shape index (κ3) is 3.26. The number of amidine groups is 1. The number of halogens is 1. The molecule has 0 amide bonds. The molecule has 2 rings (SSSR count). The maximum atomic E-state index is 7.33. The number of hydrogen-bond donors (Lipinski definition) is 2. The van der Waals surface area contributed by atoms with Crippen LogP contribution >= 0.6 is 11.6 Å². The minimum absolute atomic E-state index is 0.0160. The van der Waals surface area contributed by atoms with Crippen molar-refractivity contribution in [2.75, 3.05) is 0 Å². The van der Waals surface area contributed by atoms with Crippen molar-refractivity contribution in [2.24, 2.45) is 5.73 Å². The lowest BCUT2D eigenvalue weighted by atomic mass is 10.2. The van der Waals surface area contributed by atoms with Crippen molar-refractivity contribution in [3.8, 4) is 5.75 Å². The lowest BCUT2D eigenvalue weighted by Crippen LogP contribution is -2.10. The molecule has 1 aromatic heterocycles. The Morgan fingerprint density at radius 2 is 2.32 bits per heavy atom. The average molecular weight is 279 g/mol. The molecule has 0 bridgehead atoms. The van der Waals surface area contributed by atoms with Crippen LogP contribution in [0.25, 0.3) is 0 Å². The van der Waals surface area contributed by atoms with Crippen LogP contribution in [0.4, 0.5) is 0 Å². The summed E-state index contributed by atoms with van der Waals surface area (Å²) in [5.41, 5.74) is 6.95. The monoisotopic (exact) mass is 278 g/mol. The van der Waals surface area contributed by atoms with E-state index in [4.69, 9.17) is 27.5 Å². The van der Waals surface area contributed by atoms with Gasteiger partial charge < -0.3 is 10.5 Å². The molecule has 100 valence electrons. The summed E-state index contributed by atoms with van der Waals surface area (Å²) in [6.07, 6.45) is 3.69. The lowest BCUT2D eigenvalue weighted by Gasteiger charge is -2.08. The third-order valence-electron chi connectivity index (χ3n) is 2.65. The van der Waals surface area contributed by atoms with Gasteiger partial charge in [0.05, 0.1) is 11.2 Å². The number of nitrogens with zero attached hydrogens (tertiary/aromatic N) is 2. The molecule has 0 aliphatic rings. The zero-order valence-electron chi connectivity index (χ0n) is 10.6. The molecule has 0 radical (unpaired) electrons. The molecule has 0 aliphatic heterocycles. The summed E-state index contributed by atoms with van der Waals surface area (Å²) < 4.78 is 7.45. The lowest BCUT2D eigenvalue weighted by molar-refractivity contribution is 0.306. The van der Waals surface area contributed by atoms with E-state index < -0.39 is 0 Å². The Morgan fingerprint density at radius 1 is 1.53 bits per heavy atom. The first-order chi connectivity index (χ1) is 9.10. The zero-order valence-corrected chi connectivity index (χ0v) is 11.3. The molecule has 1 heterocycles. The predicted molar refractivity (Wildman–Crippen MR) is 74.7 cm³/mol. The molecule has 2 aromatic rings. The first-order valence-corrected chi connectivity index (χ1v) is 6.26. The second kappa shape index (κ2) is 5.75. The highest BCUT2D eigenvalue weighted by Crippen LogP contribution is 2.26. The smallest absolute Gasteiger partial charge is 0.138 e. The van der Waals surface area contributed by atoms with Gasteiger partial charge in [-0.1, -0.05) is 11.6 Å². The standard InChI is InChI=1S/C13H15ClN4O/c1-2-18-7-9(6-17-18)8-19-12-4-3-10(13(15)16)5-11(12)14/h3-7H,2,8H2,1H3,(H3,15,16). The van der Waals surface area contributed by atoms with Crippen LogP contribution in [0, 0.1) is 5.41 Å². The van der Waals surface area contributed by atoms with Crippen molar-refractivity contribution in [3.05, 3.63) is 46.7 Å². The Labute approximate surface area is 116 Å². The first-order valence-electron chi connectivity index (χ1n) is 5.88. The highest BCUT2D eigenvalue weighted by molar-refractivity contribution is 6.32. The van der Waals surface area contributed by atoms with E-state index in [-0.39, 0.29) is 5.84 Å². The molecule has 1 aromatic carbocycles. The van der Waals surface area contributed by atoms with Gasteiger partial charge in [-0.3, -0.25) is 10.1 Å². The quantitative estimate of drug-likeness (QED) is 0.651. The molecule has 0 spiro atoms. The Balaban J connectivity index is 2.05. The van der Waals surface area contributed by atoms with E-state index >= 15 is 0 Å². The van der Waals surface area contributed by atoms with E-state index in [1.807, 2.05) is 17.8 Å². The van der Waals surface area contributed by atoms with Gasteiger partial charge in [0, 0.05) is 23.9 Å². The van der Waals surface area contributed by atoms with E-state index in [0.717, 1.165) is 12.1 Å².